The molecule has 0 radical (unpaired) electrons. The van der Waals surface area contributed by atoms with Crippen molar-refractivity contribution < 1.29 is 4.79 Å². The number of hydrogen-bond acceptors (Lipinski definition) is 4. The van der Waals surface area contributed by atoms with E-state index in [9.17, 15) is 4.79 Å². The number of carbonyl (C=O) groups excluding carboxylic acids is 1. The second-order valence-electron chi connectivity index (χ2n) is 9.36. The molecular formula is C29H30ClN3OS. The van der Waals surface area contributed by atoms with Crippen molar-refractivity contribution in [2.24, 2.45) is 0 Å². The number of aromatic nitrogens is 1. The zero-order valence-corrected chi connectivity index (χ0v) is 21.7. The maximum atomic E-state index is 14.0. The molecule has 35 heavy (non-hydrogen) atoms. The number of pyridine rings is 1. The standard InChI is InChI=1S/C29H30ClN3OS/c1-19-10-11-22(17-32-19)21-7-5-6-20(16-21)18-33(24-14-12-23(31-2)13-15-24)29(34)28-27(30)25-8-3-4-9-26(25)35-28/h3-11,16-17,23-24,31H,12-15,18H2,1-2H3/t23-,24-. The number of fused-ring (bicyclic) bond motifs is 1. The quantitative estimate of drug-likeness (QED) is 0.305. The second kappa shape index (κ2) is 10.5. The van der Waals surface area contributed by atoms with Crippen LogP contribution in [-0.4, -0.2) is 34.9 Å². The molecule has 2 aromatic heterocycles. The van der Waals surface area contributed by atoms with E-state index >= 15 is 0 Å². The lowest BCUT2D eigenvalue weighted by atomic mass is 9.89. The van der Waals surface area contributed by atoms with Crippen LogP contribution in [0.3, 0.4) is 0 Å². The van der Waals surface area contributed by atoms with Gasteiger partial charge in [0, 0.05) is 46.2 Å². The van der Waals surface area contributed by atoms with Crippen LogP contribution in [0.5, 0.6) is 0 Å². The summed E-state index contributed by atoms with van der Waals surface area (Å²) in [6.45, 7) is 2.55. The van der Waals surface area contributed by atoms with Gasteiger partial charge in [-0.15, -0.1) is 11.3 Å². The third-order valence-corrected chi connectivity index (χ3v) is 8.72. The number of nitrogens with zero attached hydrogens (tertiary/aromatic N) is 2. The first-order chi connectivity index (χ1) is 17.0. The molecule has 4 nitrogen and oxygen atoms in total. The Hall–Kier alpha value is -2.73. The van der Waals surface area contributed by atoms with E-state index in [0.717, 1.165) is 58.2 Å². The van der Waals surface area contributed by atoms with E-state index in [1.165, 1.54) is 11.3 Å². The van der Waals surface area contributed by atoms with Crippen molar-refractivity contribution in [3.05, 3.63) is 88.0 Å². The molecule has 1 N–H and O–H groups in total. The Bertz CT molecular complexity index is 1330. The monoisotopic (exact) mass is 503 g/mol. The van der Waals surface area contributed by atoms with Gasteiger partial charge >= 0.3 is 0 Å². The molecule has 6 heteroatoms. The molecule has 1 fully saturated rings. The van der Waals surface area contributed by atoms with Gasteiger partial charge in [-0.1, -0.05) is 54.1 Å². The molecule has 0 spiro atoms. The summed E-state index contributed by atoms with van der Waals surface area (Å²) in [6.07, 6.45) is 6.02. The van der Waals surface area contributed by atoms with Crippen molar-refractivity contribution in [1.82, 2.24) is 15.2 Å². The third-order valence-electron chi connectivity index (χ3n) is 7.06. The molecule has 0 atom stereocenters. The molecule has 1 amide bonds. The highest BCUT2D eigenvalue weighted by atomic mass is 35.5. The molecule has 1 saturated carbocycles. The second-order valence-corrected chi connectivity index (χ2v) is 10.8. The van der Waals surface area contributed by atoms with E-state index in [1.807, 2.05) is 50.5 Å². The number of carbonyl (C=O) groups is 1. The summed E-state index contributed by atoms with van der Waals surface area (Å²) in [5, 5.41) is 4.93. The molecule has 1 aliphatic carbocycles. The van der Waals surface area contributed by atoms with Gasteiger partial charge in [-0.25, -0.2) is 0 Å². The molecule has 0 unspecified atom stereocenters. The first kappa shape index (κ1) is 24.0. The number of rotatable bonds is 6. The summed E-state index contributed by atoms with van der Waals surface area (Å²) in [4.78, 5) is 21.2. The average molecular weight is 504 g/mol. The molecule has 5 rings (SSSR count). The zero-order chi connectivity index (χ0) is 24.4. The third kappa shape index (κ3) is 5.13. The fourth-order valence-corrected chi connectivity index (χ4v) is 6.48. The normalized spacial score (nSPS) is 18.0. The number of aryl methyl sites for hydroxylation is 1. The minimum atomic E-state index is 0.0338. The Morgan fingerprint density at radius 1 is 1.06 bits per heavy atom. The van der Waals surface area contributed by atoms with Gasteiger partial charge in [0.05, 0.1) is 5.02 Å². The fourth-order valence-electron chi connectivity index (χ4n) is 5.01. The predicted molar refractivity (Wildman–Crippen MR) is 146 cm³/mol. The number of hydrogen-bond donors (Lipinski definition) is 1. The minimum Gasteiger partial charge on any atom is -0.331 e. The van der Waals surface area contributed by atoms with Crippen molar-refractivity contribution >= 4 is 38.9 Å². The van der Waals surface area contributed by atoms with E-state index in [4.69, 9.17) is 11.6 Å². The molecule has 0 bridgehead atoms. The van der Waals surface area contributed by atoms with Gasteiger partial charge in [-0.2, -0.15) is 0 Å². The zero-order valence-electron chi connectivity index (χ0n) is 20.1. The Morgan fingerprint density at radius 2 is 1.86 bits per heavy atom. The average Bonchev–Trinajstić information content (AvgIpc) is 3.24. The maximum Gasteiger partial charge on any atom is 0.266 e. The van der Waals surface area contributed by atoms with Crippen molar-refractivity contribution in [1.29, 1.82) is 0 Å². The SMILES string of the molecule is CN[C@H]1CC[C@H](N(Cc2cccc(-c3ccc(C)nc3)c2)C(=O)c2sc3ccccc3c2Cl)CC1. The highest BCUT2D eigenvalue weighted by Gasteiger charge is 2.31. The smallest absolute Gasteiger partial charge is 0.266 e. The van der Waals surface area contributed by atoms with Crippen LogP contribution in [0.15, 0.2) is 66.9 Å². The molecule has 2 aromatic carbocycles. The van der Waals surface area contributed by atoms with Gasteiger partial charge in [-0.05, 0) is 69.0 Å². The summed E-state index contributed by atoms with van der Waals surface area (Å²) in [7, 11) is 2.02. The highest BCUT2D eigenvalue weighted by molar-refractivity contribution is 7.21. The van der Waals surface area contributed by atoms with Crippen LogP contribution in [0.2, 0.25) is 5.02 Å². The lowest BCUT2D eigenvalue weighted by Gasteiger charge is -2.37. The summed E-state index contributed by atoms with van der Waals surface area (Å²) in [5.74, 6) is 0.0338. The van der Waals surface area contributed by atoms with Crippen LogP contribution in [-0.2, 0) is 6.54 Å². The van der Waals surface area contributed by atoms with Crippen LogP contribution in [0, 0.1) is 6.92 Å². The molecular weight excluding hydrogens is 474 g/mol. The van der Waals surface area contributed by atoms with Crippen molar-refractivity contribution in [3.8, 4) is 11.1 Å². The lowest BCUT2D eigenvalue weighted by molar-refractivity contribution is 0.0606. The van der Waals surface area contributed by atoms with Gasteiger partial charge in [0.1, 0.15) is 4.88 Å². The number of halogens is 1. The van der Waals surface area contributed by atoms with Crippen LogP contribution in [0.25, 0.3) is 21.2 Å². The highest BCUT2D eigenvalue weighted by Crippen LogP contribution is 2.37. The van der Waals surface area contributed by atoms with Crippen molar-refractivity contribution in [3.63, 3.8) is 0 Å². The van der Waals surface area contributed by atoms with Crippen molar-refractivity contribution in [2.45, 2.75) is 51.2 Å². The van der Waals surface area contributed by atoms with Crippen LogP contribution in [0.4, 0.5) is 0 Å². The number of nitrogens with one attached hydrogen (secondary N) is 1. The van der Waals surface area contributed by atoms with Gasteiger partial charge in [-0.3, -0.25) is 9.78 Å². The molecule has 2 heterocycles. The summed E-state index contributed by atoms with van der Waals surface area (Å²) < 4.78 is 1.05. The van der Waals surface area contributed by atoms with E-state index < -0.39 is 0 Å². The van der Waals surface area contributed by atoms with Gasteiger partial charge in [0.15, 0.2) is 0 Å². The Morgan fingerprint density at radius 3 is 2.57 bits per heavy atom. The van der Waals surface area contributed by atoms with Crippen LogP contribution < -0.4 is 5.32 Å². The summed E-state index contributed by atoms with van der Waals surface area (Å²) >= 11 is 8.25. The first-order valence-corrected chi connectivity index (χ1v) is 13.4. The predicted octanol–water partition coefficient (Wildman–Crippen LogP) is 7.10. The summed E-state index contributed by atoms with van der Waals surface area (Å²) in [6, 6.07) is 21.3. The Balaban J connectivity index is 1.47. The largest absolute Gasteiger partial charge is 0.331 e. The van der Waals surface area contributed by atoms with Gasteiger partial charge < -0.3 is 10.2 Å². The van der Waals surface area contributed by atoms with Gasteiger partial charge in [0.25, 0.3) is 5.91 Å². The van der Waals surface area contributed by atoms with Crippen molar-refractivity contribution in [2.75, 3.05) is 7.05 Å². The molecule has 0 saturated heterocycles. The van der Waals surface area contributed by atoms with Gasteiger partial charge in [0.2, 0.25) is 0 Å². The van der Waals surface area contributed by atoms with E-state index in [0.29, 0.717) is 22.5 Å². The van der Waals surface area contributed by atoms with Crippen LogP contribution in [0.1, 0.15) is 46.6 Å². The number of thiophene rings is 1. The molecule has 180 valence electrons. The topological polar surface area (TPSA) is 45.2 Å². The number of amides is 1. The van der Waals surface area contributed by atoms with E-state index in [1.54, 1.807) is 0 Å². The Kier molecular flexibility index (Phi) is 7.19. The van der Waals surface area contributed by atoms with E-state index in [-0.39, 0.29) is 11.9 Å². The Labute approximate surface area is 216 Å². The summed E-state index contributed by atoms with van der Waals surface area (Å²) in [5.41, 5.74) is 4.31. The first-order valence-electron chi connectivity index (χ1n) is 12.2. The lowest BCUT2D eigenvalue weighted by Crippen LogP contribution is -2.44. The van der Waals surface area contributed by atoms with Crippen LogP contribution >= 0.6 is 22.9 Å². The maximum absolute atomic E-state index is 14.0. The molecule has 0 aliphatic heterocycles. The molecule has 4 aromatic rings. The van der Waals surface area contributed by atoms with E-state index in [2.05, 4.69) is 45.5 Å². The molecule has 1 aliphatic rings. The fraction of sp³-hybridized carbons (Fsp3) is 0.310. The minimum absolute atomic E-state index is 0.0338. The number of benzene rings is 2.